The van der Waals surface area contributed by atoms with Crippen molar-refractivity contribution in [3.63, 3.8) is 0 Å². The fraction of sp³-hybridized carbons (Fsp3) is 0.933. The summed E-state index contributed by atoms with van der Waals surface area (Å²) < 4.78 is 5.58. The number of nitrogens with one attached hydrogen (secondary N) is 1. The normalized spacial score (nSPS) is 14.3. The van der Waals surface area contributed by atoms with E-state index < -0.39 is 5.54 Å². The van der Waals surface area contributed by atoms with E-state index in [-0.39, 0.29) is 5.91 Å². The van der Waals surface area contributed by atoms with Crippen molar-refractivity contribution in [1.82, 2.24) is 5.32 Å². The summed E-state index contributed by atoms with van der Waals surface area (Å²) in [5.41, 5.74) is 4.75. The van der Waals surface area contributed by atoms with Gasteiger partial charge in [-0.1, -0.05) is 39.0 Å². The number of ether oxygens (including phenoxy) is 1. The van der Waals surface area contributed by atoms with Crippen LogP contribution in [0.4, 0.5) is 0 Å². The van der Waals surface area contributed by atoms with Gasteiger partial charge in [0.2, 0.25) is 5.91 Å². The van der Waals surface area contributed by atoms with Crippen LogP contribution in [0.25, 0.3) is 0 Å². The predicted octanol–water partition coefficient (Wildman–Crippen LogP) is 2.61. The molecule has 0 bridgehead atoms. The average Bonchev–Trinajstić information content (AvgIpc) is 2.40. The Kier molecular flexibility index (Phi) is 10.9. The lowest BCUT2D eigenvalue weighted by atomic mass is 9.95. The molecule has 0 aromatic heterocycles. The molecule has 4 nitrogen and oxygen atoms in total. The van der Waals surface area contributed by atoms with Gasteiger partial charge in [-0.2, -0.15) is 0 Å². The third-order valence-corrected chi connectivity index (χ3v) is 3.70. The molecule has 0 aromatic rings. The van der Waals surface area contributed by atoms with Crippen molar-refractivity contribution in [3.8, 4) is 0 Å². The van der Waals surface area contributed by atoms with E-state index >= 15 is 0 Å². The number of amides is 1. The second kappa shape index (κ2) is 11.2. The first kappa shape index (κ1) is 18.4. The van der Waals surface area contributed by atoms with Gasteiger partial charge in [0.15, 0.2) is 0 Å². The molecular weight excluding hydrogens is 240 g/mol. The maximum atomic E-state index is 11.3. The van der Waals surface area contributed by atoms with E-state index in [0.717, 1.165) is 25.9 Å². The van der Waals surface area contributed by atoms with Gasteiger partial charge in [0.1, 0.15) is 0 Å². The van der Waals surface area contributed by atoms with Crippen molar-refractivity contribution in [2.24, 2.45) is 5.73 Å². The third kappa shape index (κ3) is 9.00. The Bertz CT molecular complexity index is 234. The van der Waals surface area contributed by atoms with Crippen LogP contribution in [-0.2, 0) is 9.53 Å². The number of carbonyl (C=O) groups is 1. The van der Waals surface area contributed by atoms with Gasteiger partial charge in [-0.05, 0) is 33.2 Å². The second-order valence-electron chi connectivity index (χ2n) is 5.43. The molecule has 0 heterocycles. The number of carbonyl (C=O) groups excluding carboxylic acids is 1. The zero-order chi connectivity index (χ0) is 14.6. The number of nitrogens with two attached hydrogens (primary N) is 1. The second-order valence-corrected chi connectivity index (χ2v) is 5.43. The number of unbranched alkanes of at least 4 members (excludes halogenated alkanes) is 5. The lowest BCUT2D eigenvalue weighted by Crippen LogP contribution is -2.51. The first-order valence-corrected chi connectivity index (χ1v) is 7.63. The topological polar surface area (TPSA) is 64.3 Å². The Labute approximate surface area is 118 Å². The molecule has 0 saturated heterocycles. The van der Waals surface area contributed by atoms with E-state index in [0.29, 0.717) is 6.61 Å². The van der Waals surface area contributed by atoms with Crippen LogP contribution in [0.15, 0.2) is 0 Å². The van der Waals surface area contributed by atoms with Crippen molar-refractivity contribution >= 4 is 5.91 Å². The highest BCUT2D eigenvalue weighted by atomic mass is 16.5. The van der Waals surface area contributed by atoms with Crippen molar-refractivity contribution in [3.05, 3.63) is 0 Å². The summed E-state index contributed by atoms with van der Waals surface area (Å²) in [4.78, 5) is 11.3. The SMILES string of the molecule is CCCCCCCCOCCCC(C)(NC)C(N)=O. The Morgan fingerprint density at radius 3 is 2.26 bits per heavy atom. The van der Waals surface area contributed by atoms with Gasteiger partial charge in [0.05, 0.1) is 5.54 Å². The van der Waals surface area contributed by atoms with Gasteiger partial charge in [0, 0.05) is 13.2 Å². The highest BCUT2D eigenvalue weighted by Gasteiger charge is 2.27. The molecular formula is C15H32N2O2. The highest BCUT2D eigenvalue weighted by molar-refractivity contribution is 5.84. The molecule has 0 spiro atoms. The van der Waals surface area contributed by atoms with Crippen molar-refractivity contribution in [2.75, 3.05) is 20.3 Å². The molecule has 0 aliphatic carbocycles. The monoisotopic (exact) mass is 272 g/mol. The Balaban J connectivity index is 3.38. The van der Waals surface area contributed by atoms with Gasteiger partial charge < -0.3 is 15.8 Å². The van der Waals surface area contributed by atoms with Crippen molar-refractivity contribution in [2.45, 2.75) is 70.8 Å². The van der Waals surface area contributed by atoms with Crippen LogP contribution in [0.5, 0.6) is 0 Å². The van der Waals surface area contributed by atoms with Gasteiger partial charge in [-0.15, -0.1) is 0 Å². The van der Waals surface area contributed by atoms with Crippen LogP contribution in [0, 0.1) is 0 Å². The number of likely N-dealkylation sites (N-methyl/N-ethyl adjacent to an activating group) is 1. The van der Waals surface area contributed by atoms with Crippen molar-refractivity contribution < 1.29 is 9.53 Å². The van der Waals surface area contributed by atoms with Crippen LogP contribution in [0.2, 0.25) is 0 Å². The third-order valence-electron chi connectivity index (χ3n) is 3.70. The number of hydrogen-bond acceptors (Lipinski definition) is 3. The van der Waals surface area contributed by atoms with E-state index in [2.05, 4.69) is 12.2 Å². The van der Waals surface area contributed by atoms with Crippen molar-refractivity contribution in [1.29, 1.82) is 0 Å². The van der Waals surface area contributed by atoms with Crippen LogP contribution < -0.4 is 11.1 Å². The van der Waals surface area contributed by atoms with Gasteiger partial charge in [-0.3, -0.25) is 4.79 Å². The molecule has 1 unspecified atom stereocenters. The Morgan fingerprint density at radius 1 is 1.11 bits per heavy atom. The first-order valence-electron chi connectivity index (χ1n) is 7.63. The standard InChI is InChI=1S/C15H32N2O2/c1-4-5-6-7-8-9-12-19-13-10-11-15(2,17-3)14(16)18/h17H,4-13H2,1-3H3,(H2,16,18). The molecule has 0 radical (unpaired) electrons. The molecule has 4 heteroatoms. The summed E-state index contributed by atoms with van der Waals surface area (Å²) in [7, 11) is 1.77. The van der Waals surface area contributed by atoms with E-state index in [1.165, 1.54) is 32.1 Å². The Hall–Kier alpha value is -0.610. The maximum absolute atomic E-state index is 11.3. The largest absolute Gasteiger partial charge is 0.381 e. The highest BCUT2D eigenvalue weighted by Crippen LogP contribution is 2.11. The molecule has 0 rings (SSSR count). The van der Waals surface area contributed by atoms with Crippen LogP contribution in [0.1, 0.15) is 65.2 Å². The molecule has 3 N–H and O–H groups in total. The lowest BCUT2D eigenvalue weighted by molar-refractivity contribution is -0.124. The fourth-order valence-electron chi connectivity index (χ4n) is 1.99. The van der Waals surface area contributed by atoms with Crippen LogP contribution in [-0.4, -0.2) is 31.7 Å². The average molecular weight is 272 g/mol. The maximum Gasteiger partial charge on any atom is 0.237 e. The summed E-state index contributed by atoms with van der Waals surface area (Å²) in [6, 6.07) is 0. The molecule has 114 valence electrons. The Morgan fingerprint density at radius 2 is 1.68 bits per heavy atom. The molecule has 0 fully saturated rings. The molecule has 19 heavy (non-hydrogen) atoms. The lowest BCUT2D eigenvalue weighted by Gasteiger charge is -2.25. The van der Waals surface area contributed by atoms with Crippen LogP contribution in [0.3, 0.4) is 0 Å². The zero-order valence-electron chi connectivity index (χ0n) is 13.0. The summed E-state index contributed by atoms with van der Waals surface area (Å²) >= 11 is 0. The van der Waals surface area contributed by atoms with E-state index in [4.69, 9.17) is 10.5 Å². The first-order chi connectivity index (χ1) is 9.06. The predicted molar refractivity (Wildman–Crippen MR) is 80.1 cm³/mol. The van der Waals surface area contributed by atoms with Crippen LogP contribution >= 0.6 is 0 Å². The number of hydrogen-bond donors (Lipinski definition) is 2. The van der Waals surface area contributed by atoms with Gasteiger partial charge >= 0.3 is 0 Å². The molecule has 0 aliphatic heterocycles. The van der Waals surface area contributed by atoms with Gasteiger partial charge in [-0.25, -0.2) is 0 Å². The summed E-state index contributed by atoms with van der Waals surface area (Å²) in [6.45, 7) is 5.61. The molecule has 0 aliphatic rings. The number of primary amides is 1. The van der Waals surface area contributed by atoms with E-state index in [1.54, 1.807) is 7.05 Å². The summed E-state index contributed by atoms with van der Waals surface area (Å²) in [5, 5.41) is 2.98. The fourth-order valence-corrected chi connectivity index (χ4v) is 1.99. The quantitative estimate of drug-likeness (QED) is 0.507. The molecule has 1 atom stereocenters. The molecule has 0 saturated carbocycles. The minimum atomic E-state index is -0.608. The minimum Gasteiger partial charge on any atom is -0.381 e. The smallest absolute Gasteiger partial charge is 0.237 e. The van der Waals surface area contributed by atoms with E-state index in [9.17, 15) is 4.79 Å². The molecule has 0 aromatic carbocycles. The zero-order valence-corrected chi connectivity index (χ0v) is 13.0. The summed E-state index contributed by atoms with van der Waals surface area (Å²) in [5.74, 6) is -0.300. The van der Waals surface area contributed by atoms with Gasteiger partial charge in [0.25, 0.3) is 0 Å². The molecule has 1 amide bonds. The number of rotatable bonds is 13. The summed E-state index contributed by atoms with van der Waals surface area (Å²) in [6.07, 6.45) is 9.27. The van der Waals surface area contributed by atoms with E-state index in [1.807, 2.05) is 6.92 Å². The minimum absolute atomic E-state index is 0.300.